The monoisotopic (exact) mass is 396 g/mol. The van der Waals surface area contributed by atoms with Crippen molar-refractivity contribution >= 4 is 34.2 Å². The van der Waals surface area contributed by atoms with E-state index in [1.54, 1.807) is 0 Å². The number of ether oxygens (including phenoxy) is 1. The van der Waals surface area contributed by atoms with Crippen molar-refractivity contribution in [2.75, 3.05) is 0 Å². The molecule has 27 heavy (non-hydrogen) atoms. The maximum absolute atomic E-state index is 6.39. The van der Waals surface area contributed by atoms with Crippen LogP contribution in [0.2, 0.25) is 10.0 Å². The Kier molecular flexibility index (Phi) is 5.06. The first kappa shape index (κ1) is 17.9. The smallest absolute Gasteiger partial charge is 0.148 e. The molecule has 0 spiro atoms. The minimum atomic E-state index is 0.361. The lowest BCUT2D eigenvalue weighted by atomic mass is 10.2. The molecule has 0 N–H and O–H groups in total. The van der Waals surface area contributed by atoms with E-state index in [0.29, 0.717) is 23.2 Å². The van der Waals surface area contributed by atoms with Crippen LogP contribution in [0.1, 0.15) is 17.0 Å². The zero-order valence-corrected chi connectivity index (χ0v) is 16.3. The van der Waals surface area contributed by atoms with E-state index in [1.807, 2.05) is 66.7 Å². The van der Waals surface area contributed by atoms with Gasteiger partial charge < -0.3 is 9.30 Å². The van der Waals surface area contributed by atoms with Crippen molar-refractivity contribution in [3.05, 3.63) is 93.7 Å². The van der Waals surface area contributed by atoms with Crippen molar-refractivity contribution < 1.29 is 4.74 Å². The van der Waals surface area contributed by atoms with E-state index >= 15 is 0 Å². The number of nitrogens with zero attached hydrogens (tertiary/aromatic N) is 2. The molecular weight excluding hydrogens is 379 g/mol. The maximum Gasteiger partial charge on any atom is 0.148 e. The molecule has 1 heterocycles. The Bertz CT molecular complexity index is 1070. The van der Waals surface area contributed by atoms with Gasteiger partial charge in [0.2, 0.25) is 0 Å². The third-order valence-corrected chi connectivity index (χ3v) is 5.21. The van der Waals surface area contributed by atoms with Gasteiger partial charge in [-0.1, -0.05) is 59.1 Å². The van der Waals surface area contributed by atoms with Crippen molar-refractivity contribution in [2.45, 2.75) is 20.1 Å². The molecule has 4 aromatic rings. The Labute approximate surface area is 168 Å². The molecule has 5 heteroatoms. The van der Waals surface area contributed by atoms with Gasteiger partial charge in [-0.2, -0.15) is 0 Å². The van der Waals surface area contributed by atoms with Crippen molar-refractivity contribution in [2.24, 2.45) is 0 Å². The molecule has 0 atom stereocenters. The zero-order valence-electron chi connectivity index (χ0n) is 14.8. The van der Waals surface area contributed by atoms with E-state index in [9.17, 15) is 0 Å². The van der Waals surface area contributed by atoms with Gasteiger partial charge in [-0.15, -0.1) is 0 Å². The van der Waals surface area contributed by atoms with Crippen LogP contribution >= 0.6 is 23.2 Å². The van der Waals surface area contributed by atoms with Crippen LogP contribution in [0, 0.1) is 6.92 Å². The van der Waals surface area contributed by atoms with Crippen LogP contribution in [-0.4, -0.2) is 9.55 Å². The number of aryl methyl sites for hydroxylation is 1. The van der Waals surface area contributed by atoms with E-state index in [4.69, 9.17) is 32.9 Å². The summed E-state index contributed by atoms with van der Waals surface area (Å²) in [7, 11) is 0. The number of hydrogen-bond acceptors (Lipinski definition) is 2. The molecule has 0 aliphatic rings. The lowest BCUT2D eigenvalue weighted by Crippen LogP contribution is -2.09. The summed E-state index contributed by atoms with van der Waals surface area (Å²) >= 11 is 12.8. The number of benzene rings is 3. The second-order valence-corrected chi connectivity index (χ2v) is 7.22. The highest BCUT2D eigenvalue weighted by Crippen LogP contribution is 2.28. The Morgan fingerprint density at radius 3 is 2.33 bits per heavy atom. The summed E-state index contributed by atoms with van der Waals surface area (Å²) in [6, 6.07) is 21.6. The number of imidazole rings is 1. The van der Waals surface area contributed by atoms with Crippen molar-refractivity contribution in [3.63, 3.8) is 0 Å². The summed E-state index contributed by atoms with van der Waals surface area (Å²) in [5, 5.41) is 1.29. The van der Waals surface area contributed by atoms with Crippen LogP contribution in [0.25, 0.3) is 11.0 Å². The highest BCUT2D eigenvalue weighted by atomic mass is 35.5. The quantitative estimate of drug-likeness (QED) is 0.396. The lowest BCUT2D eigenvalue weighted by Gasteiger charge is -2.13. The van der Waals surface area contributed by atoms with Gasteiger partial charge in [0, 0.05) is 15.6 Å². The average Bonchev–Trinajstić information content (AvgIpc) is 3.02. The van der Waals surface area contributed by atoms with E-state index in [0.717, 1.165) is 28.2 Å². The molecule has 3 nitrogen and oxygen atoms in total. The number of rotatable bonds is 5. The van der Waals surface area contributed by atoms with E-state index in [1.165, 1.54) is 5.56 Å². The third-order valence-electron chi connectivity index (χ3n) is 4.50. The highest BCUT2D eigenvalue weighted by Gasteiger charge is 2.14. The van der Waals surface area contributed by atoms with Gasteiger partial charge in [0.05, 0.1) is 17.6 Å². The fourth-order valence-corrected chi connectivity index (χ4v) is 3.55. The molecular formula is C22H18Cl2N2O. The van der Waals surface area contributed by atoms with Gasteiger partial charge in [-0.25, -0.2) is 4.98 Å². The van der Waals surface area contributed by atoms with E-state index in [2.05, 4.69) is 11.5 Å². The molecule has 0 saturated carbocycles. The molecule has 0 bridgehead atoms. The molecule has 0 saturated heterocycles. The number of hydrogen-bond donors (Lipinski definition) is 0. The normalized spacial score (nSPS) is 11.1. The van der Waals surface area contributed by atoms with Gasteiger partial charge in [0.15, 0.2) is 0 Å². The molecule has 0 unspecified atom stereocenters. The van der Waals surface area contributed by atoms with Gasteiger partial charge in [0.25, 0.3) is 0 Å². The number of halogens is 2. The van der Waals surface area contributed by atoms with E-state index in [-0.39, 0.29) is 0 Å². The fraction of sp³-hybridized carbons (Fsp3) is 0.136. The van der Waals surface area contributed by atoms with E-state index < -0.39 is 0 Å². The maximum atomic E-state index is 6.39. The number of fused-ring (bicyclic) bond motifs is 1. The standard InChI is InChI=1S/C22H18Cl2N2O/c1-15-9-11-16(12-10-15)27-14-22-25-20-7-2-3-8-21(20)26(22)13-17-18(23)5-4-6-19(17)24/h2-12H,13-14H2,1H3. The highest BCUT2D eigenvalue weighted by molar-refractivity contribution is 6.36. The van der Waals surface area contributed by atoms with Crippen LogP contribution in [-0.2, 0) is 13.2 Å². The fourth-order valence-electron chi connectivity index (χ4n) is 3.04. The van der Waals surface area contributed by atoms with Crippen LogP contribution in [0.15, 0.2) is 66.7 Å². The molecule has 0 aliphatic heterocycles. The molecule has 136 valence electrons. The summed E-state index contributed by atoms with van der Waals surface area (Å²) in [6.07, 6.45) is 0. The van der Waals surface area contributed by atoms with Crippen molar-refractivity contribution in [1.29, 1.82) is 0 Å². The lowest BCUT2D eigenvalue weighted by molar-refractivity contribution is 0.291. The SMILES string of the molecule is Cc1ccc(OCc2nc3ccccc3n2Cc2c(Cl)cccc2Cl)cc1. The second kappa shape index (κ2) is 7.63. The first-order valence-electron chi connectivity index (χ1n) is 8.68. The predicted octanol–water partition coefficient (Wildman–Crippen LogP) is 6.28. The Morgan fingerprint density at radius 1 is 0.889 bits per heavy atom. The molecule has 0 fully saturated rings. The first-order valence-corrected chi connectivity index (χ1v) is 9.44. The topological polar surface area (TPSA) is 27.1 Å². The van der Waals surface area contributed by atoms with Gasteiger partial charge in [0.1, 0.15) is 18.2 Å². The minimum absolute atomic E-state index is 0.361. The first-order chi connectivity index (χ1) is 13.1. The zero-order chi connectivity index (χ0) is 18.8. The van der Waals surface area contributed by atoms with Crippen LogP contribution in [0.5, 0.6) is 5.75 Å². The Balaban J connectivity index is 1.70. The van der Waals surface area contributed by atoms with Gasteiger partial charge in [-0.3, -0.25) is 0 Å². The summed E-state index contributed by atoms with van der Waals surface area (Å²) in [5.74, 6) is 1.64. The Morgan fingerprint density at radius 2 is 1.59 bits per heavy atom. The van der Waals surface area contributed by atoms with Gasteiger partial charge in [-0.05, 0) is 43.3 Å². The van der Waals surface area contributed by atoms with Gasteiger partial charge >= 0.3 is 0 Å². The van der Waals surface area contributed by atoms with Crippen LogP contribution < -0.4 is 4.74 Å². The number of para-hydroxylation sites is 2. The summed E-state index contributed by atoms with van der Waals surface area (Å²) < 4.78 is 8.07. The van der Waals surface area contributed by atoms with Crippen molar-refractivity contribution in [3.8, 4) is 5.75 Å². The van der Waals surface area contributed by atoms with Crippen LogP contribution in [0.4, 0.5) is 0 Å². The third kappa shape index (κ3) is 3.80. The molecule has 4 rings (SSSR count). The van der Waals surface area contributed by atoms with Crippen LogP contribution in [0.3, 0.4) is 0 Å². The average molecular weight is 397 g/mol. The molecule has 3 aromatic carbocycles. The molecule has 0 radical (unpaired) electrons. The summed E-state index contributed by atoms with van der Waals surface area (Å²) in [6.45, 7) is 2.95. The predicted molar refractivity (Wildman–Crippen MR) is 111 cm³/mol. The van der Waals surface area contributed by atoms with Crippen molar-refractivity contribution in [1.82, 2.24) is 9.55 Å². The molecule has 1 aromatic heterocycles. The minimum Gasteiger partial charge on any atom is -0.486 e. The molecule has 0 aliphatic carbocycles. The largest absolute Gasteiger partial charge is 0.486 e. The second-order valence-electron chi connectivity index (χ2n) is 6.40. The summed E-state index contributed by atoms with van der Waals surface area (Å²) in [5.41, 5.74) is 4.02. The Hall–Kier alpha value is -2.49. The number of aromatic nitrogens is 2. The summed E-state index contributed by atoms with van der Waals surface area (Å²) in [4.78, 5) is 4.75. The molecule has 0 amide bonds.